The van der Waals surface area contributed by atoms with Crippen LogP contribution < -0.4 is 5.32 Å². The normalized spacial score (nSPS) is 8.73. The Kier molecular flexibility index (Phi) is 2.74. The molecule has 3 heteroatoms. The summed E-state index contributed by atoms with van der Waals surface area (Å²) in [5, 5.41) is 2.41. The molecule has 0 aliphatic carbocycles. The van der Waals surface area contributed by atoms with Gasteiger partial charge in [-0.1, -0.05) is 30.4 Å². The molecule has 1 N–H and O–H groups in total. The van der Waals surface area contributed by atoms with E-state index in [0.717, 1.165) is 0 Å². The van der Waals surface area contributed by atoms with Crippen LogP contribution in [-0.2, 0) is 0 Å². The number of hydrogen-bond acceptors (Lipinski definition) is 2. The van der Waals surface area contributed by atoms with E-state index in [1.54, 1.807) is 24.3 Å². The zero-order chi connectivity index (χ0) is 8.10. The number of hydrogen-bond donors (Lipinski definition) is 1. The van der Waals surface area contributed by atoms with E-state index in [4.69, 9.17) is 0 Å². The van der Waals surface area contributed by atoms with Crippen LogP contribution in [0.3, 0.4) is 0 Å². The molecule has 0 aromatic heterocycles. The van der Waals surface area contributed by atoms with Crippen LogP contribution in [0, 0.1) is 0 Å². The Bertz CT molecular complexity index is 258. The third-order valence-corrected chi connectivity index (χ3v) is 1.34. The predicted molar refractivity (Wildman–Crippen MR) is 47.6 cm³/mol. The summed E-state index contributed by atoms with van der Waals surface area (Å²) >= 11 is 4.47. The number of carbonyl (C=O) groups excluding carboxylic acids is 1. The van der Waals surface area contributed by atoms with Crippen molar-refractivity contribution >= 4 is 23.6 Å². The van der Waals surface area contributed by atoms with Gasteiger partial charge < -0.3 is 5.32 Å². The summed E-state index contributed by atoms with van der Waals surface area (Å²) in [6.07, 6.45) is 0. The molecule has 1 aromatic rings. The fraction of sp³-hybridized carbons (Fsp3) is 0. The highest BCUT2D eigenvalue weighted by Gasteiger charge is 1.99. The molecular weight excluding hydrogens is 158 g/mol. The van der Waals surface area contributed by atoms with Gasteiger partial charge >= 0.3 is 0 Å². The number of rotatable bonds is 2. The molecule has 1 rings (SSSR count). The van der Waals surface area contributed by atoms with Crippen LogP contribution in [0.25, 0.3) is 0 Å². The lowest BCUT2D eigenvalue weighted by Crippen LogP contribution is -2.19. The number of thiocarbonyl (C=S) groups is 1. The van der Waals surface area contributed by atoms with Gasteiger partial charge in [0.05, 0.1) is 5.49 Å². The first-order chi connectivity index (χ1) is 5.34. The lowest BCUT2D eigenvalue weighted by molar-refractivity contribution is 0.0979. The summed E-state index contributed by atoms with van der Waals surface area (Å²) in [5.74, 6) is -0.166. The molecule has 0 saturated carbocycles. The van der Waals surface area contributed by atoms with Gasteiger partial charge in [0, 0.05) is 5.56 Å². The highest BCUT2D eigenvalue weighted by Crippen LogP contribution is 1.96. The molecule has 0 aliphatic heterocycles. The maximum Gasteiger partial charge on any atom is 0.255 e. The van der Waals surface area contributed by atoms with Crippen molar-refractivity contribution < 1.29 is 4.79 Å². The maximum absolute atomic E-state index is 11.0. The summed E-state index contributed by atoms with van der Waals surface area (Å²) in [6, 6.07) is 8.92. The molecule has 0 saturated heterocycles. The molecule has 0 radical (unpaired) electrons. The van der Waals surface area contributed by atoms with E-state index >= 15 is 0 Å². The summed E-state index contributed by atoms with van der Waals surface area (Å²) in [4.78, 5) is 11.0. The molecule has 56 valence electrons. The molecule has 0 atom stereocenters. The van der Waals surface area contributed by atoms with Crippen molar-refractivity contribution in [1.29, 1.82) is 0 Å². The highest BCUT2D eigenvalue weighted by molar-refractivity contribution is 7.78. The summed E-state index contributed by atoms with van der Waals surface area (Å²) in [6.45, 7) is 0. The van der Waals surface area contributed by atoms with Crippen molar-refractivity contribution in [2.24, 2.45) is 0 Å². The topological polar surface area (TPSA) is 29.1 Å². The van der Waals surface area contributed by atoms with Crippen molar-refractivity contribution in [1.82, 2.24) is 5.32 Å². The van der Waals surface area contributed by atoms with Crippen molar-refractivity contribution in [3.8, 4) is 0 Å². The minimum Gasteiger partial charge on any atom is -0.319 e. The molecule has 0 fully saturated rings. The van der Waals surface area contributed by atoms with E-state index in [1.165, 1.54) is 5.49 Å². The van der Waals surface area contributed by atoms with Gasteiger partial charge in [0.1, 0.15) is 0 Å². The van der Waals surface area contributed by atoms with E-state index in [1.807, 2.05) is 6.07 Å². The number of benzene rings is 1. The van der Waals surface area contributed by atoms with Gasteiger partial charge in [-0.25, -0.2) is 0 Å². The Morgan fingerprint density at radius 1 is 1.36 bits per heavy atom. The van der Waals surface area contributed by atoms with Crippen molar-refractivity contribution in [2.45, 2.75) is 0 Å². The summed E-state index contributed by atoms with van der Waals surface area (Å²) in [5.41, 5.74) is 1.82. The molecule has 0 aliphatic rings. The molecular formula is C8H7NOS. The fourth-order valence-electron chi connectivity index (χ4n) is 0.726. The van der Waals surface area contributed by atoms with E-state index in [2.05, 4.69) is 17.5 Å². The molecule has 0 spiro atoms. The summed E-state index contributed by atoms with van der Waals surface area (Å²) < 4.78 is 0. The third kappa shape index (κ3) is 2.13. The number of nitrogens with one attached hydrogen (secondary N) is 1. The smallest absolute Gasteiger partial charge is 0.255 e. The molecule has 0 unspecified atom stereocenters. The molecule has 1 amide bonds. The van der Waals surface area contributed by atoms with Crippen LogP contribution in [-0.4, -0.2) is 11.4 Å². The third-order valence-electron chi connectivity index (χ3n) is 1.23. The summed E-state index contributed by atoms with van der Waals surface area (Å²) in [7, 11) is 0. The van der Waals surface area contributed by atoms with Crippen molar-refractivity contribution in [3.63, 3.8) is 0 Å². The van der Waals surface area contributed by atoms with Crippen LogP contribution in [0.15, 0.2) is 30.3 Å². The first-order valence-corrected chi connectivity index (χ1v) is 3.61. The first-order valence-electron chi connectivity index (χ1n) is 3.14. The van der Waals surface area contributed by atoms with Gasteiger partial charge in [-0.3, -0.25) is 4.79 Å². The zero-order valence-electron chi connectivity index (χ0n) is 5.78. The van der Waals surface area contributed by atoms with Crippen LogP contribution in [0.1, 0.15) is 10.4 Å². The maximum atomic E-state index is 11.0. The first kappa shape index (κ1) is 7.88. The number of carbonyl (C=O) groups is 1. The Morgan fingerprint density at radius 2 is 2.00 bits per heavy atom. The monoisotopic (exact) mass is 165 g/mol. The van der Waals surface area contributed by atoms with Gasteiger partial charge in [0.15, 0.2) is 0 Å². The second-order valence-corrected chi connectivity index (χ2v) is 2.19. The van der Waals surface area contributed by atoms with E-state index in [9.17, 15) is 4.79 Å². The fourth-order valence-corrected chi connectivity index (χ4v) is 0.833. The second kappa shape index (κ2) is 3.83. The SMILES string of the molecule is O=C(NC=S)c1ccccc1. The van der Waals surface area contributed by atoms with Crippen LogP contribution in [0.5, 0.6) is 0 Å². The Hall–Kier alpha value is -1.22. The lowest BCUT2D eigenvalue weighted by atomic mass is 10.2. The zero-order valence-corrected chi connectivity index (χ0v) is 6.60. The van der Waals surface area contributed by atoms with Crippen molar-refractivity contribution in [3.05, 3.63) is 35.9 Å². The average molecular weight is 165 g/mol. The van der Waals surface area contributed by atoms with Gasteiger partial charge in [-0.15, -0.1) is 0 Å². The number of amides is 1. The van der Waals surface area contributed by atoms with E-state index in [-0.39, 0.29) is 5.91 Å². The largest absolute Gasteiger partial charge is 0.319 e. The van der Waals surface area contributed by atoms with Crippen LogP contribution in [0.2, 0.25) is 0 Å². The minimum absolute atomic E-state index is 0.166. The van der Waals surface area contributed by atoms with Gasteiger partial charge in [-0.05, 0) is 12.1 Å². The van der Waals surface area contributed by atoms with E-state index < -0.39 is 0 Å². The quantitative estimate of drug-likeness (QED) is 0.671. The van der Waals surface area contributed by atoms with E-state index in [0.29, 0.717) is 5.56 Å². The van der Waals surface area contributed by atoms with Crippen molar-refractivity contribution in [2.75, 3.05) is 0 Å². The lowest BCUT2D eigenvalue weighted by Gasteiger charge is -1.96. The molecule has 0 heterocycles. The second-order valence-electron chi connectivity index (χ2n) is 1.96. The Labute approximate surface area is 70.2 Å². The standard InChI is InChI=1S/C8H7NOS/c10-8(9-6-11)7-4-2-1-3-5-7/h1-6H,(H,9,10,11). The van der Waals surface area contributed by atoms with Gasteiger partial charge in [0.2, 0.25) is 0 Å². The van der Waals surface area contributed by atoms with Gasteiger partial charge in [0.25, 0.3) is 5.91 Å². The average Bonchev–Trinajstić information content (AvgIpc) is 2.07. The van der Waals surface area contributed by atoms with Gasteiger partial charge in [-0.2, -0.15) is 0 Å². The molecule has 1 aromatic carbocycles. The molecule has 11 heavy (non-hydrogen) atoms. The van der Waals surface area contributed by atoms with Crippen LogP contribution >= 0.6 is 12.2 Å². The predicted octanol–water partition coefficient (Wildman–Crippen LogP) is 1.37. The minimum atomic E-state index is -0.166. The Balaban J connectivity index is 2.77. The molecule has 0 bridgehead atoms. The Morgan fingerprint density at radius 3 is 2.55 bits per heavy atom. The van der Waals surface area contributed by atoms with Crippen LogP contribution in [0.4, 0.5) is 0 Å². The molecule has 2 nitrogen and oxygen atoms in total. The highest BCUT2D eigenvalue weighted by atomic mass is 32.1.